The fourth-order valence-electron chi connectivity index (χ4n) is 5.01. The summed E-state index contributed by atoms with van der Waals surface area (Å²) in [6.07, 6.45) is 14.3. The first kappa shape index (κ1) is 23.6. The minimum absolute atomic E-state index is 0.287. The first-order valence-electron chi connectivity index (χ1n) is 13.0. The van der Waals surface area contributed by atoms with Gasteiger partial charge in [-0.05, 0) is 42.8 Å². The van der Waals surface area contributed by atoms with Crippen LogP contribution in [-0.4, -0.2) is 54.7 Å². The molecule has 0 aliphatic carbocycles. The second kappa shape index (κ2) is 12.1. The number of ether oxygens (including phenoxy) is 3. The number of aromatic nitrogens is 1. The summed E-state index contributed by atoms with van der Waals surface area (Å²) in [7, 11) is 0. The van der Waals surface area contributed by atoms with Crippen LogP contribution in [0.3, 0.4) is 0 Å². The summed E-state index contributed by atoms with van der Waals surface area (Å²) in [4.78, 5) is 2.52. The Morgan fingerprint density at radius 1 is 0.906 bits per heavy atom. The van der Waals surface area contributed by atoms with Crippen LogP contribution in [0.15, 0.2) is 30.5 Å². The first-order valence-corrected chi connectivity index (χ1v) is 13.0. The highest BCUT2D eigenvalue weighted by atomic mass is 16.7. The second-order valence-corrected chi connectivity index (χ2v) is 9.50. The number of nitrogens with zero attached hydrogens (tertiary/aromatic N) is 2. The van der Waals surface area contributed by atoms with E-state index in [4.69, 9.17) is 14.2 Å². The topological polar surface area (TPSA) is 35.9 Å². The Balaban J connectivity index is 1.17. The van der Waals surface area contributed by atoms with Crippen molar-refractivity contribution < 1.29 is 14.2 Å². The number of piperidine rings is 1. The zero-order valence-electron chi connectivity index (χ0n) is 20.0. The molecule has 1 spiro atoms. The smallest absolute Gasteiger partial charge is 0.170 e. The lowest BCUT2D eigenvalue weighted by Crippen LogP contribution is -2.50. The van der Waals surface area contributed by atoms with Crippen LogP contribution in [0, 0.1) is 0 Å². The van der Waals surface area contributed by atoms with Gasteiger partial charge in [-0.15, -0.1) is 0 Å². The summed E-state index contributed by atoms with van der Waals surface area (Å²) in [6.45, 7) is 9.01. The minimum Gasteiger partial charge on any atom is -0.493 e. The molecule has 0 N–H and O–H groups in total. The zero-order chi connectivity index (χ0) is 22.1. The van der Waals surface area contributed by atoms with Crippen LogP contribution >= 0.6 is 0 Å². The van der Waals surface area contributed by atoms with Crippen LogP contribution in [0.4, 0.5) is 0 Å². The van der Waals surface area contributed by atoms with Crippen LogP contribution in [-0.2, 0) is 16.0 Å². The maximum absolute atomic E-state index is 6.12. The van der Waals surface area contributed by atoms with Gasteiger partial charge in [-0.25, -0.2) is 0 Å². The predicted molar refractivity (Wildman–Crippen MR) is 130 cm³/mol. The van der Waals surface area contributed by atoms with E-state index < -0.39 is 0 Å². The molecule has 2 aliphatic rings. The second-order valence-electron chi connectivity index (χ2n) is 9.50. The summed E-state index contributed by atoms with van der Waals surface area (Å²) in [5.74, 6) is 0.701. The zero-order valence-corrected chi connectivity index (χ0v) is 20.0. The van der Waals surface area contributed by atoms with Gasteiger partial charge in [0.2, 0.25) is 0 Å². The number of likely N-dealkylation sites (tertiary alicyclic amines) is 1. The van der Waals surface area contributed by atoms with Crippen LogP contribution < -0.4 is 4.74 Å². The van der Waals surface area contributed by atoms with Crippen molar-refractivity contribution in [3.8, 4) is 5.75 Å². The van der Waals surface area contributed by atoms with Gasteiger partial charge >= 0.3 is 0 Å². The highest BCUT2D eigenvalue weighted by Crippen LogP contribution is 2.30. The minimum atomic E-state index is -0.287. The van der Waals surface area contributed by atoms with E-state index in [9.17, 15) is 0 Å². The molecule has 2 aliphatic heterocycles. The van der Waals surface area contributed by atoms with E-state index in [0.29, 0.717) is 0 Å². The van der Waals surface area contributed by atoms with Crippen molar-refractivity contribution in [1.82, 2.24) is 9.47 Å². The monoisotopic (exact) mass is 442 g/mol. The average Bonchev–Trinajstić information content (AvgIpc) is 3.23. The average molecular weight is 443 g/mol. The van der Waals surface area contributed by atoms with Crippen LogP contribution in [0.5, 0.6) is 5.75 Å². The van der Waals surface area contributed by atoms with E-state index in [1.807, 2.05) is 0 Å². The molecule has 5 nitrogen and oxygen atoms in total. The molecular weight excluding hydrogens is 400 g/mol. The summed E-state index contributed by atoms with van der Waals surface area (Å²) < 4.78 is 20.4. The van der Waals surface area contributed by atoms with E-state index in [1.54, 1.807) is 0 Å². The van der Waals surface area contributed by atoms with Gasteiger partial charge in [-0.2, -0.15) is 0 Å². The highest BCUT2D eigenvalue weighted by Gasteiger charge is 2.37. The molecule has 3 heterocycles. The molecule has 0 unspecified atom stereocenters. The maximum atomic E-state index is 6.12. The van der Waals surface area contributed by atoms with Crippen molar-refractivity contribution in [3.63, 3.8) is 0 Å². The molecular formula is C27H42N2O3. The normalized spacial score (nSPS) is 19.0. The van der Waals surface area contributed by atoms with Gasteiger partial charge in [-0.3, -0.25) is 0 Å². The summed E-state index contributed by atoms with van der Waals surface area (Å²) in [5.41, 5.74) is 1.30. The van der Waals surface area contributed by atoms with Crippen LogP contribution in [0.25, 0.3) is 10.9 Å². The quantitative estimate of drug-likeness (QED) is 0.378. The van der Waals surface area contributed by atoms with Gasteiger partial charge in [-0.1, -0.05) is 39.0 Å². The van der Waals surface area contributed by atoms with E-state index in [1.165, 1.54) is 49.4 Å². The molecule has 178 valence electrons. The van der Waals surface area contributed by atoms with Gasteiger partial charge in [0.05, 0.1) is 25.3 Å². The Hall–Kier alpha value is -1.56. The molecule has 4 rings (SSSR count). The lowest BCUT2D eigenvalue weighted by atomic mass is 10.0. The molecule has 0 radical (unpaired) electrons. The van der Waals surface area contributed by atoms with E-state index in [-0.39, 0.29) is 5.79 Å². The van der Waals surface area contributed by atoms with Gasteiger partial charge < -0.3 is 23.7 Å². The van der Waals surface area contributed by atoms with Crippen molar-refractivity contribution in [3.05, 3.63) is 30.5 Å². The van der Waals surface area contributed by atoms with Crippen molar-refractivity contribution in [2.75, 3.05) is 39.5 Å². The predicted octanol–water partition coefficient (Wildman–Crippen LogP) is 6.00. The number of aryl methyl sites for hydroxylation is 1. The number of fused-ring (bicyclic) bond motifs is 1. The summed E-state index contributed by atoms with van der Waals surface area (Å²) >= 11 is 0. The van der Waals surface area contributed by atoms with Gasteiger partial charge in [0.1, 0.15) is 5.75 Å². The fraction of sp³-hybridized carbons (Fsp3) is 0.704. The van der Waals surface area contributed by atoms with Crippen molar-refractivity contribution in [1.29, 1.82) is 0 Å². The Morgan fingerprint density at radius 3 is 2.50 bits per heavy atom. The molecule has 0 saturated carbocycles. The van der Waals surface area contributed by atoms with Crippen molar-refractivity contribution in [2.45, 2.75) is 83.5 Å². The van der Waals surface area contributed by atoms with Crippen molar-refractivity contribution >= 4 is 10.9 Å². The molecule has 1 aromatic carbocycles. The summed E-state index contributed by atoms with van der Waals surface area (Å²) in [6, 6.07) is 8.74. The van der Waals surface area contributed by atoms with Crippen LogP contribution in [0.2, 0.25) is 0 Å². The number of rotatable bonds is 12. The Kier molecular flexibility index (Phi) is 8.89. The number of benzene rings is 1. The summed E-state index contributed by atoms with van der Waals surface area (Å²) in [5, 5.41) is 1.30. The number of hydrogen-bond acceptors (Lipinski definition) is 4. The third kappa shape index (κ3) is 6.49. The molecule has 2 aromatic rings. The molecule has 0 bridgehead atoms. The first-order chi connectivity index (χ1) is 15.8. The molecule has 0 amide bonds. The number of hydrogen-bond donors (Lipinski definition) is 0. The standard InChI is InChI=1S/C27H42N2O3/c1-2-3-4-5-6-7-16-29-17-12-24-10-11-25(23-26(24)29)30-20-8-15-28-18-13-27(14-19-28)31-21-9-22-32-27/h10-12,17,23H,2-9,13-16,18-22H2,1H3. The molecule has 5 heteroatoms. The fourth-order valence-corrected chi connectivity index (χ4v) is 5.01. The Labute approximate surface area is 194 Å². The molecule has 32 heavy (non-hydrogen) atoms. The Morgan fingerprint density at radius 2 is 1.69 bits per heavy atom. The van der Waals surface area contributed by atoms with Crippen molar-refractivity contribution in [2.24, 2.45) is 0 Å². The largest absolute Gasteiger partial charge is 0.493 e. The van der Waals surface area contributed by atoms with E-state index in [0.717, 1.165) is 77.4 Å². The van der Waals surface area contributed by atoms with E-state index >= 15 is 0 Å². The molecule has 0 atom stereocenters. The van der Waals surface area contributed by atoms with Gasteiger partial charge in [0.25, 0.3) is 0 Å². The maximum Gasteiger partial charge on any atom is 0.170 e. The van der Waals surface area contributed by atoms with E-state index in [2.05, 4.69) is 46.9 Å². The van der Waals surface area contributed by atoms with Crippen LogP contribution in [0.1, 0.15) is 71.1 Å². The third-order valence-electron chi connectivity index (χ3n) is 7.02. The molecule has 1 aromatic heterocycles. The van der Waals surface area contributed by atoms with Gasteiger partial charge in [0.15, 0.2) is 5.79 Å². The SMILES string of the molecule is CCCCCCCCn1ccc2ccc(OCCCN3CCC4(CC3)OCCCO4)cc21. The molecule has 2 fully saturated rings. The Bertz CT molecular complexity index is 802. The number of unbranched alkanes of at least 4 members (excludes halogenated alkanes) is 5. The van der Waals surface area contributed by atoms with Gasteiger partial charge in [0, 0.05) is 51.3 Å². The third-order valence-corrected chi connectivity index (χ3v) is 7.02. The highest BCUT2D eigenvalue weighted by molar-refractivity contribution is 5.81. The lowest BCUT2D eigenvalue weighted by molar-refractivity contribution is -0.283. The lowest BCUT2D eigenvalue weighted by Gasteiger charge is -2.43. The molecule has 2 saturated heterocycles.